The minimum atomic E-state index is -1.14. The molecule has 0 bridgehead atoms. The van der Waals surface area contributed by atoms with E-state index < -0.39 is 17.9 Å². The Labute approximate surface area is 74.0 Å². The van der Waals surface area contributed by atoms with Gasteiger partial charge < -0.3 is 5.21 Å². The maximum Gasteiger partial charge on any atom is 0.210 e. The zero-order chi connectivity index (χ0) is 10.3. The van der Waals surface area contributed by atoms with Crippen LogP contribution in [0.5, 0.6) is 0 Å². The van der Waals surface area contributed by atoms with E-state index in [-0.39, 0.29) is 11.3 Å². The van der Waals surface area contributed by atoms with Crippen LogP contribution >= 0.6 is 0 Å². The van der Waals surface area contributed by atoms with Crippen LogP contribution in [-0.2, 0) is 0 Å². The molecule has 0 aliphatic heterocycles. The smallest absolute Gasteiger partial charge is 0.210 e. The number of unbranched alkanes of at least 4 members (excludes halogenated alkanes) is 1. The normalized spacial score (nSPS) is 15.0. The molecule has 0 aliphatic carbocycles. The summed E-state index contributed by atoms with van der Waals surface area (Å²) in [5.41, 5.74) is 0. The highest BCUT2D eigenvalue weighted by molar-refractivity contribution is 4.55. The Bertz CT molecular complexity index is 165. The quantitative estimate of drug-likeness (QED) is 0.285. The van der Waals surface area contributed by atoms with Crippen molar-refractivity contribution in [1.82, 2.24) is 5.34 Å². The van der Waals surface area contributed by atoms with Gasteiger partial charge in [0.25, 0.3) is 0 Å². The third kappa shape index (κ3) is 5.40. The maximum absolute atomic E-state index is 11.7. The van der Waals surface area contributed by atoms with Crippen molar-refractivity contribution in [1.29, 1.82) is 0 Å². The molecule has 78 valence electrons. The van der Waals surface area contributed by atoms with E-state index in [1.807, 2.05) is 12.3 Å². The van der Waals surface area contributed by atoms with Gasteiger partial charge in [0.05, 0.1) is 0 Å². The van der Waals surface area contributed by atoms with Gasteiger partial charge in [-0.15, -0.1) is 8.96 Å². The minimum Gasteiger partial charge on any atom is -0.598 e. The number of hydrogen-bond acceptors (Lipinski definition) is 3. The molecule has 0 heterocycles. The van der Waals surface area contributed by atoms with E-state index in [9.17, 15) is 18.7 Å². The van der Waals surface area contributed by atoms with E-state index >= 15 is 0 Å². The third-order valence-corrected chi connectivity index (χ3v) is 1.63. The van der Waals surface area contributed by atoms with Crippen LogP contribution in [0.1, 0.15) is 26.2 Å². The molecule has 0 spiro atoms. The lowest BCUT2D eigenvalue weighted by atomic mass is 10.1. The predicted octanol–water partition coefficient (Wildman–Crippen LogP) is 2.46. The van der Waals surface area contributed by atoms with Crippen LogP contribution in [-0.4, -0.2) is 22.8 Å². The van der Waals surface area contributed by atoms with Crippen molar-refractivity contribution in [3.63, 3.8) is 0 Å². The van der Waals surface area contributed by atoms with Crippen LogP contribution < -0.4 is 0 Å². The summed E-state index contributed by atoms with van der Waals surface area (Å²) in [5, 5.41) is 11.2. The first-order valence-corrected chi connectivity index (χ1v) is 3.99. The van der Waals surface area contributed by atoms with Crippen LogP contribution in [0, 0.1) is 5.21 Å². The molecule has 0 aliphatic rings. The lowest BCUT2D eigenvalue weighted by molar-refractivity contribution is -0.588. The second-order valence-electron chi connectivity index (χ2n) is 2.66. The van der Waals surface area contributed by atoms with Crippen molar-refractivity contribution < 1.29 is 18.3 Å². The van der Waals surface area contributed by atoms with Crippen LogP contribution in [0.4, 0.5) is 13.4 Å². The van der Waals surface area contributed by atoms with Crippen molar-refractivity contribution in [3.8, 4) is 0 Å². The fourth-order valence-corrected chi connectivity index (χ4v) is 0.932. The van der Waals surface area contributed by atoms with Crippen LogP contribution in [0.3, 0.4) is 0 Å². The molecule has 0 fully saturated rings. The van der Waals surface area contributed by atoms with E-state index in [0.717, 1.165) is 6.42 Å². The molecule has 7 heteroatoms. The van der Waals surface area contributed by atoms with Crippen LogP contribution in [0.15, 0.2) is 5.34 Å². The number of nitrogens with zero attached hydrogens (tertiary/aromatic N) is 3. The van der Waals surface area contributed by atoms with E-state index in [1.165, 1.54) is 0 Å². The molecular weight excluding hydrogens is 187 g/mol. The van der Waals surface area contributed by atoms with Crippen molar-refractivity contribution in [2.45, 2.75) is 32.2 Å². The summed E-state index contributed by atoms with van der Waals surface area (Å²) in [5.74, 6) is 0. The Hall–Kier alpha value is -0.850. The Morgan fingerprint density at radius 3 is 2.54 bits per heavy atom. The summed E-state index contributed by atoms with van der Waals surface area (Å²) < 4.78 is 34.9. The van der Waals surface area contributed by atoms with Gasteiger partial charge in [0.15, 0.2) is 5.34 Å². The van der Waals surface area contributed by atoms with E-state index in [4.69, 9.17) is 0 Å². The molecule has 0 N–H and O–H groups in total. The Kier molecular flexibility index (Phi) is 6.21. The van der Waals surface area contributed by atoms with Crippen LogP contribution in [0.25, 0.3) is 0 Å². The van der Waals surface area contributed by atoms with Gasteiger partial charge in [-0.05, 0) is 10.9 Å². The van der Waals surface area contributed by atoms with Crippen molar-refractivity contribution in [2.24, 2.45) is 5.34 Å². The highest BCUT2D eigenvalue weighted by atomic mass is 19.4. The van der Waals surface area contributed by atoms with Gasteiger partial charge in [0.2, 0.25) is 6.04 Å². The van der Waals surface area contributed by atoms with E-state index in [1.54, 1.807) is 0 Å². The minimum absolute atomic E-state index is 0.206. The average Bonchev–Trinajstić information content (AvgIpc) is 2.10. The molecular formula is C6H12F3N3O. The first kappa shape index (κ1) is 12.2. The fraction of sp³-hybridized carbons (Fsp3) is 1.00. The molecule has 13 heavy (non-hydrogen) atoms. The summed E-state index contributed by atoms with van der Waals surface area (Å²) in [6, 6.07) is -1.11. The van der Waals surface area contributed by atoms with Gasteiger partial charge in [-0.2, -0.15) is 0 Å². The standard InChI is InChI=1S/C6H12F3N3O/c1-2-3-4-6(5-11(8)9)12(13)10-7/h6H,2-5H2,1H3. The molecule has 4 nitrogen and oxygen atoms in total. The molecule has 1 atom stereocenters. The van der Waals surface area contributed by atoms with E-state index in [0.29, 0.717) is 6.42 Å². The first-order valence-electron chi connectivity index (χ1n) is 3.99. The highest BCUT2D eigenvalue weighted by Crippen LogP contribution is 2.08. The molecule has 0 saturated carbocycles. The number of hydrogen-bond donors (Lipinski definition) is 0. The molecule has 0 radical (unpaired) electrons. The summed E-state index contributed by atoms with van der Waals surface area (Å²) in [7, 11) is 0. The molecule has 0 saturated heterocycles. The fourth-order valence-electron chi connectivity index (χ4n) is 0.932. The van der Waals surface area contributed by atoms with Gasteiger partial charge >= 0.3 is 0 Å². The largest absolute Gasteiger partial charge is 0.598 e. The molecule has 1 unspecified atom stereocenters. The lowest BCUT2D eigenvalue weighted by Crippen LogP contribution is -2.29. The topological polar surface area (TPSA) is 41.7 Å². The Morgan fingerprint density at radius 2 is 2.15 bits per heavy atom. The van der Waals surface area contributed by atoms with Gasteiger partial charge in [0, 0.05) is 11.8 Å². The second-order valence-corrected chi connectivity index (χ2v) is 2.66. The van der Waals surface area contributed by atoms with Crippen molar-refractivity contribution in [3.05, 3.63) is 5.21 Å². The zero-order valence-electron chi connectivity index (χ0n) is 7.29. The third-order valence-electron chi connectivity index (χ3n) is 1.63. The molecule has 0 aromatic carbocycles. The summed E-state index contributed by atoms with van der Waals surface area (Å²) in [4.78, 5) is -0.318. The molecule has 0 rings (SSSR count). The predicted molar refractivity (Wildman–Crippen MR) is 39.4 cm³/mol. The van der Waals surface area contributed by atoms with Gasteiger partial charge in [-0.25, -0.2) is 0 Å². The zero-order valence-corrected chi connectivity index (χ0v) is 7.29. The number of rotatable bonds is 6. The van der Waals surface area contributed by atoms with Crippen molar-refractivity contribution in [2.75, 3.05) is 6.54 Å². The molecule has 0 aromatic heterocycles. The van der Waals surface area contributed by atoms with Gasteiger partial charge in [0.1, 0.15) is 6.54 Å². The van der Waals surface area contributed by atoms with E-state index in [2.05, 4.69) is 0 Å². The van der Waals surface area contributed by atoms with Crippen molar-refractivity contribution >= 4 is 0 Å². The number of hydroxylamine groups is 1. The SMILES string of the molecule is CCCCC(CN(F)F)[N+]([O-])=NF. The van der Waals surface area contributed by atoms with Crippen LogP contribution in [0.2, 0.25) is 0 Å². The average molecular weight is 199 g/mol. The lowest BCUT2D eigenvalue weighted by Gasteiger charge is -2.11. The van der Waals surface area contributed by atoms with Gasteiger partial charge in [-0.1, -0.05) is 18.2 Å². The Balaban J connectivity index is 4.03. The van der Waals surface area contributed by atoms with Gasteiger partial charge in [-0.3, -0.25) is 0 Å². The first-order chi connectivity index (χ1) is 6.11. The number of halogens is 3. The summed E-state index contributed by atoms with van der Waals surface area (Å²) >= 11 is 0. The second kappa shape index (κ2) is 6.64. The molecule has 0 aromatic rings. The summed E-state index contributed by atoms with van der Waals surface area (Å²) in [6.07, 6.45) is 1.56. The highest BCUT2D eigenvalue weighted by Gasteiger charge is 2.22. The maximum atomic E-state index is 11.7. The monoisotopic (exact) mass is 199 g/mol. The molecule has 0 amide bonds. The Morgan fingerprint density at radius 1 is 1.54 bits per heavy atom. The summed E-state index contributed by atoms with van der Waals surface area (Å²) in [6.45, 7) is 1.05.